The van der Waals surface area contributed by atoms with Crippen LogP contribution in [-0.2, 0) is 19.1 Å². The molecule has 174 valence electrons. The van der Waals surface area contributed by atoms with Crippen LogP contribution in [0.1, 0.15) is 45.2 Å². The number of esters is 2. The maximum atomic E-state index is 12.4. The zero-order valence-electron chi connectivity index (χ0n) is 19.1. The number of anilines is 1. The van der Waals surface area contributed by atoms with Gasteiger partial charge in [0.2, 0.25) is 0 Å². The molecule has 0 spiro atoms. The van der Waals surface area contributed by atoms with Crippen LogP contribution in [0.15, 0.2) is 42.5 Å². The molecule has 7 nitrogen and oxygen atoms in total. The number of ether oxygens (including phenoxy) is 4. The first-order chi connectivity index (χ1) is 15.1. The van der Waals surface area contributed by atoms with Gasteiger partial charge < -0.3 is 24.3 Å². The number of carbonyl (C=O) groups is 2. The van der Waals surface area contributed by atoms with Gasteiger partial charge in [0.15, 0.2) is 6.04 Å². The van der Waals surface area contributed by atoms with Crippen LogP contribution < -0.4 is 14.8 Å². The fourth-order valence-electron chi connectivity index (χ4n) is 2.87. The molecule has 0 aliphatic carbocycles. The summed E-state index contributed by atoms with van der Waals surface area (Å²) in [5, 5.41) is 3.73. The van der Waals surface area contributed by atoms with Crippen molar-refractivity contribution < 1.29 is 28.5 Å². The predicted octanol–water partition coefficient (Wildman–Crippen LogP) is 5.18. The number of benzene rings is 2. The molecule has 1 atom stereocenters. The average molecular weight is 464 g/mol. The van der Waals surface area contributed by atoms with E-state index in [-0.39, 0.29) is 12.4 Å². The van der Waals surface area contributed by atoms with E-state index in [9.17, 15) is 9.59 Å². The van der Waals surface area contributed by atoms with E-state index in [4.69, 9.17) is 30.5 Å². The molecule has 0 amide bonds. The van der Waals surface area contributed by atoms with Crippen LogP contribution in [0, 0.1) is 0 Å². The summed E-state index contributed by atoms with van der Waals surface area (Å²) < 4.78 is 21.4. The number of hydrogen-bond acceptors (Lipinski definition) is 7. The zero-order valence-corrected chi connectivity index (χ0v) is 19.8. The molecule has 0 aromatic heterocycles. The van der Waals surface area contributed by atoms with Gasteiger partial charge in [-0.3, -0.25) is 4.79 Å². The predicted molar refractivity (Wildman–Crippen MR) is 123 cm³/mol. The van der Waals surface area contributed by atoms with E-state index < -0.39 is 17.6 Å². The summed E-state index contributed by atoms with van der Waals surface area (Å²) in [6.45, 7) is 5.82. The SMILES string of the molecule is COC(=O)C(Nc1cc(OC)cc(OCCCC(=O)OC(C)(C)C)c1)c1ccc(Cl)cc1. The second-order valence-electron chi connectivity index (χ2n) is 8.09. The Bertz CT molecular complexity index is 908. The molecule has 0 heterocycles. The summed E-state index contributed by atoms with van der Waals surface area (Å²) >= 11 is 5.96. The lowest BCUT2D eigenvalue weighted by Gasteiger charge is -2.20. The third-order valence-corrected chi connectivity index (χ3v) is 4.53. The van der Waals surface area contributed by atoms with Crippen LogP contribution >= 0.6 is 11.6 Å². The van der Waals surface area contributed by atoms with Crippen molar-refractivity contribution in [1.82, 2.24) is 0 Å². The smallest absolute Gasteiger partial charge is 0.332 e. The standard InChI is InChI=1S/C24H30ClNO6/c1-24(2,3)32-21(27)7-6-12-31-20-14-18(13-19(15-20)29-4)26-22(23(28)30-5)16-8-10-17(25)11-9-16/h8-11,13-15,22,26H,6-7,12H2,1-5H3. The summed E-state index contributed by atoms with van der Waals surface area (Å²) in [5.74, 6) is 0.376. The van der Waals surface area contributed by atoms with Crippen LogP contribution in [0.5, 0.6) is 11.5 Å². The topological polar surface area (TPSA) is 83.1 Å². The molecule has 2 aromatic rings. The molecule has 8 heteroatoms. The van der Waals surface area contributed by atoms with Crippen LogP contribution in [0.2, 0.25) is 5.02 Å². The summed E-state index contributed by atoms with van der Waals surface area (Å²) in [6.07, 6.45) is 0.762. The third-order valence-electron chi connectivity index (χ3n) is 4.28. The highest BCUT2D eigenvalue weighted by atomic mass is 35.5. The molecule has 1 unspecified atom stereocenters. The Balaban J connectivity index is 2.08. The Morgan fingerprint density at radius 2 is 1.69 bits per heavy atom. The summed E-state index contributed by atoms with van der Waals surface area (Å²) in [4.78, 5) is 24.2. The van der Waals surface area contributed by atoms with E-state index in [1.54, 1.807) is 49.6 Å². The molecule has 1 N–H and O–H groups in total. The molecule has 0 saturated carbocycles. The van der Waals surface area contributed by atoms with Crippen molar-refractivity contribution in [3.05, 3.63) is 53.1 Å². The first-order valence-corrected chi connectivity index (χ1v) is 10.6. The fourth-order valence-corrected chi connectivity index (χ4v) is 3.00. The number of halogens is 1. The highest BCUT2D eigenvalue weighted by molar-refractivity contribution is 6.30. The molecular formula is C24H30ClNO6. The molecular weight excluding hydrogens is 434 g/mol. The van der Waals surface area contributed by atoms with Gasteiger partial charge in [-0.2, -0.15) is 0 Å². The number of hydrogen-bond donors (Lipinski definition) is 1. The van der Waals surface area contributed by atoms with Crippen LogP contribution in [-0.4, -0.2) is 38.4 Å². The molecule has 0 fully saturated rings. The van der Waals surface area contributed by atoms with Crippen LogP contribution in [0.25, 0.3) is 0 Å². The highest BCUT2D eigenvalue weighted by Gasteiger charge is 2.22. The van der Waals surface area contributed by atoms with Crippen molar-refractivity contribution in [3.8, 4) is 11.5 Å². The van der Waals surface area contributed by atoms with Crippen molar-refractivity contribution in [3.63, 3.8) is 0 Å². The van der Waals surface area contributed by atoms with Crippen LogP contribution in [0.3, 0.4) is 0 Å². The van der Waals surface area contributed by atoms with Gasteiger partial charge >= 0.3 is 11.9 Å². The van der Waals surface area contributed by atoms with E-state index in [1.807, 2.05) is 20.8 Å². The van der Waals surface area contributed by atoms with Gasteiger partial charge in [-0.05, 0) is 44.9 Å². The zero-order chi connectivity index (χ0) is 23.7. The lowest BCUT2D eigenvalue weighted by molar-refractivity contribution is -0.155. The van der Waals surface area contributed by atoms with Gasteiger partial charge in [0.25, 0.3) is 0 Å². The molecule has 0 aliphatic rings. The normalized spacial score (nSPS) is 11.9. The Labute approximate surface area is 193 Å². The van der Waals surface area contributed by atoms with E-state index >= 15 is 0 Å². The minimum atomic E-state index is -0.746. The fraction of sp³-hybridized carbons (Fsp3) is 0.417. The molecule has 0 radical (unpaired) electrons. The first-order valence-electron chi connectivity index (χ1n) is 10.2. The monoisotopic (exact) mass is 463 g/mol. The molecule has 0 bridgehead atoms. The van der Waals surface area contributed by atoms with E-state index in [1.165, 1.54) is 7.11 Å². The molecule has 2 rings (SSSR count). The third kappa shape index (κ3) is 8.30. The van der Waals surface area contributed by atoms with Crippen molar-refractivity contribution in [2.24, 2.45) is 0 Å². The van der Waals surface area contributed by atoms with E-state index in [2.05, 4.69) is 5.32 Å². The number of rotatable bonds is 10. The summed E-state index contributed by atoms with van der Waals surface area (Å²) in [6, 6.07) is 11.4. The van der Waals surface area contributed by atoms with Crippen LogP contribution in [0.4, 0.5) is 5.69 Å². The molecule has 0 saturated heterocycles. The van der Waals surface area contributed by atoms with Gasteiger partial charge in [0.1, 0.15) is 17.1 Å². The number of nitrogens with one attached hydrogen (secondary N) is 1. The lowest BCUT2D eigenvalue weighted by Crippen LogP contribution is -2.24. The number of methoxy groups -OCH3 is 2. The highest BCUT2D eigenvalue weighted by Crippen LogP contribution is 2.30. The Morgan fingerprint density at radius 1 is 1.03 bits per heavy atom. The largest absolute Gasteiger partial charge is 0.497 e. The van der Waals surface area contributed by atoms with Gasteiger partial charge in [0.05, 0.1) is 20.8 Å². The Kier molecular flexibility index (Phi) is 9.20. The summed E-state index contributed by atoms with van der Waals surface area (Å²) in [7, 11) is 2.88. The van der Waals surface area contributed by atoms with E-state index in [0.29, 0.717) is 40.8 Å². The van der Waals surface area contributed by atoms with Crippen molar-refractivity contribution >= 4 is 29.2 Å². The van der Waals surface area contributed by atoms with Gasteiger partial charge in [-0.25, -0.2) is 4.79 Å². The molecule has 32 heavy (non-hydrogen) atoms. The molecule has 2 aromatic carbocycles. The Morgan fingerprint density at radius 3 is 2.28 bits per heavy atom. The minimum absolute atomic E-state index is 0.257. The average Bonchev–Trinajstić information content (AvgIpc) is 2.74. The van der Waals surface area contributed by atoms with Gasteiger partial charge in [-0.15, -0.1) is 0 Å². The maximum absolute atomic E-state index is 12.4. The van der Waals surface area contributed by atoms with Gasteiger partial charge in [0, 0.05) is 35.3 Å². The molecule has 0 aliphatic heterocycles. The van der Waals surface area contributed by atoms with Crippen molar-refractivity contribution in [1.29, 1.82) is 0 Å². The lowest BCUT2D eigenvalue weighted by atomic mass is 10.1. The summed E-state index contributed by atoms with van der Waals surface area (Å²) in [5.41, 5.74) is 0.798. The van der Waals surface area contributed by atoms with E-state index in [0.717, 1.165) is 0 Å². The van der Waals surface area contributed by atoms with Crippen molar-refractivity contribution in [2.45, 2.75) is 45.3 Å². The minimum Gasteiger partial charge on any atom is -0.497 e. The van der Waals surface area contributed by atoms with Gasteiger partial charge in [-0.1, -0.05) is 23.7 Å². The maximum Gasteiger partial charge on any atom is 0.332 e. The number of carbonyl (C=O) groups excluding carboxylic acids is 2. The first kappa shape index (κ1) is 25.3. The quantitative estimate of drug-likeness (QED) is 0.384. The second kappa shape index (κ2) is 11.6. The van der Waals surface area contributed by atoms with Crippen molar-refractivity contribution in [2.75, 3.05) is 26.1 Å². The Hall–Kier alpha value is -2.93. The second-order valence-corrected chi connectivity index (χ2v) is 8.52.